The maximum absolute atomic E-state index is 11.5. The molecule has 0 fully saturated rings. The van der Waals surface area contributed by atoms with Gasteiger partial charge in [0.15, 0.2) is 11.5 Å². The van der Waals surface area contributed by atoms with Gasteiger partial charge in [0.2, 0.25) is 5.91 Å². The molecule has 0 saturated carbocycles. The molecule has 23 heavy (non-hydrogen) atoms. The number of hydrogen-bond donors (Lipinski definition) is 1. The lowest BCUT2D eigenvalue weighted by atomic mass is 10.1. The van der Waals surface area contributed by atoms with Crippen molar-refractivity contribution in [3.63, 3.8) is 0 Å². The molecule has 0 atom stereocenters. The average Bonchev–Trinajstić information content (AvgIpc) is 2.59. The summed E-state index contributed by atoms with van der Waals surface area (Å²) in [6.45, 7) is 0.683. The van der Waals surface area contributed by atoms with Gasteiger partial charge < -0.3 is 14.8 Å². The van der Waals surface area contributed by atoms with E-state index in [1.165, 1.54) is 0 Å². The molecule has 1 N–H and O–H groups in total. The van der Waals surface area contributed by atoms with Crippen LogP contribution in [0.5, 0.6) is 11.5 Å². The van der Waals surface area contributed by atoms with Crippen molar-refractivity contribution >= 4 is 5.91 Å². The number of benzene rings is 2. The zero-order valence-electron chi connectivity index (χ0n) is 12.9. The van der Waals surface area contributed by atoms with E-state index in [0.29, 0.717) is 18.1 Å². The number of ether oxygens (including phenoxy) is 2. The molecule has 5 nitrogen and oxygen atoms in total. The molecule has 0 aliphatic heterocycles. The number of carbonyl (C=O) groups is 1. The molecule has 0 aromatic heterocycles. The first-order valence-corrected chi connectivity index (χ1v) is 7.21. The summed E-state index contributed by atoms with van der Waals surface area (Å²) in [5, 5.41) is 11.2. The monoisotopic (exact) mass is 310 g/mol. The highest BCUT2D eigenvalue weighted by Gasteiger charge is 2.12. The van der Waals surface area contributed by atoms with Gasteiger partial charge in [0.05, 0.1) is 13.2 Å². The zero-order chi connectivity index (χ0) is 16.5. The second kappa shape index (κ2) is 8.44. The second-order valence-electron chi connectivity index (χ2n) is 4.83. The lowest BCUT2D eigenvalue weighted by Crippen LogP contribution is -2.22. The third-order valence-corrected chi connectivity index (χ3v) is 3.22. The fraction of sp³-hybridized carbons (Fsp3) is 0.222. The van der Waals surface area contributed by atoms with Gasteiger partial charge in [-0.3, -0.25) is 4.79 Å². The van der Waals surface area contributed by atoms with Crippen LogP contribution in [0.1, 0.15) is 17.5 Å². The Hall–Kier alpha value is -3.00. The normalized spacial score (nSPS) is 9.74. The predicted molar refractivity (Wildman–Crippen MR) is 85.8 cm³/mol. The van der Waals surface area contributed by atoms with Crippen LogP contribution >= 0.6 is 0 Å². The van der Waals surface area contributed by atoms with Crippen molar-refractivity contribution in [3.8, 4) is 17.6 Å². The molecule has 2 rings (SSSR count). The van der Waals surface area contributed by atoms with Crippen LogP contribution in [0.3, 0.4) is 0 Å². The summed E-state index contributed by atoms with van der Waals surface area (Å²) in [4.78, 5) is 11.5. The molecule has 1 amide bonds. The van der Waals surface area contributed by atoms with Crippen LogP contribution in [0.2, 0.25) is 0 Å². The van der Waals surface area contributed by atoms with Crippen molar-refractivity contribution in [1.29, 1.82) is 5.26 Å². The van der Waals surface area contributed by atoms with Crippen LogP contribution in [-0.2, 0) is 17.9 Å². The molecule has 118 valence electrons. The van der Waals surface area contributed by atoms with E-state index in [4.69, 9.17) is 14.7 Å². The second-order valence-corrected chi connectivity index (χ2v) is 4.83. The molecule has 0 spiro atoms. The fourth-order valence-electron chi connectivity index (χ4n) is 2.08. The number of rotatable bonds is 7. The molecular weight excluding hydrogens is 292 g/mol. The van der Waals surface area contributed by atoms with Crippen molar-refractivity contribution in [2.45, 2.75) is 19.6 Å². The Labute approximate surface area is 135 Å². The van der Waals surface area contributed by atoms with Gasteiger partial charge in [-0.2, -0.15) is 5.26 Å². The number of carbonyl (C=O) groups excluding carboxylic acids is 1. The van der Waals surface area contributed by atoms with Crippen molar-refractivity contribution < 1.29 is 14.3 Å². The van der Waals surface area contributed by atoms with Gasteiger partial charge in [0, 0.05) is 12.1 Å². The fourth-order valence-corrected chi connectivity index (χ4v) is 2.08. The summed E-state index contributed by atoms with van der Waals surface area (Å²) < 4.78 is 11.2. The summed E-state index contributed by atoms with van der Waals surface area (Å²) >= 11 is 0. The van der Waals surface area contributed by atoms with E-state index >= 15 is 0 Å². The van der Waals surface area contributed by atoms with Crippen molar-refractivity contribution in [2.75, 3.05) is 7.11 Å². The van der Waals surface area contributed by atoms with Crippen LogP contribution in [0.15, 0.2) is 48.5 Å². The zero-order valence-corrected chi connectivity index (χ0v) is 12.9. The summed E-state index contributed by atoms with van der Waals surface area (Å²) in [6.07, 6.45) is -0.163. The van der Waals surface area contributed by atoms with Gasteiger partial charge in [0.1, 0.15) is 13.0 Å². The van der Waals surface area contributed by atoms with Crippen LogP contribution in [-0.4, -0.2) is 13.0 Å². The summed E-state index contributed by atoms with van der Waals surface area (Å²) in [7, 11) is 1.57. The molecule has 2 aromatic rings. The first-order valence-electron chi connectivity index (χ1n) is 7.21. The SMILES string of the molecule is COc1cccc(CNC(=O)CC#N)c1OCc1ccccc1. The standard InChI is InChI=1S/C18H18N2O3/c1-22-16-9-5-8-15(12-20-17(21)10-11-19)18(16)23-13-14-6-3-2-4-7-14/h2-9H,10,12-13H2,1H3,(H,20,21). The Morgan fingerprint density at radius 1 is 1.17 bits per heavy atom. The van der Waals surface area contributed by atoms with E-state index in [1.807, 2.05) is 48.5 Å². The van der Waals surface area contributed by atoms with Crippen LogP contribution < -0.4 is 14.8 Å². The predicted octanol–water partition coefficient (Wildman–Crippen LogP) is 2.80. The van der Waals surface area contributed by atoms with E-state index < -0.39 is 0 Å². The van der Waals surface area contributed by atoms with Gasteiger partial charge in [-0.05, 0) is 11.6 Å². The van der Waals surface area contributed by atoms with Gasteiger partial charge in [0.25, 0.3) is 0 Å². The van der Waals surface area contributed by atoms with Crippen molar-refractivity contribution in [2.24, 2.45) is 0 Å². The Kier molecular flexibility index (Phi) is 6.01. The van der Waals surface area contributed by atoms with Crippen LogP contribution in [0, 0.1) is 11.3 Å². The number of methoxy groups -OCH3 is 1. The maximum Gasteiger partial charge on any atom is 0.234 e. The summed E-state index contributed by atoms with van der Waals surface area (Å²) in [5.74, 6) is 0.883. The maximum atomic E-state index is 11.5. The van der Waals surface area contributed by atoms with E-state index in [-0.39, 0.29) is 18.9 Å². The number of nitriles is 1. The first kappa shape index (κ1) is 16.4. The third-order valence-electron chi connectivity index (χ3n) is 3.22. The topological polar surface area (TPSA) is 71.3 Å². The first-order chi connectivity index (χ1) is 11.2. The highest BCUT2D eigenvalue weighted by Crippen LogP contribution is 2.31. The highest BCUT2D eigenvalue weighted by molar-refractivity contribution is 5.78. The Balaban J connectivity index is 2.12. The molecule has 0 heterocycles. The van der Waals surface area contributed by atoms with Gasteiger partial charge in [-0.25, -0.2) is 0 Å². The Morgan fingerprint density at radius 2 is 1.96 bits per heavy atom. The molecule has 2 aromatic carbocycles. The Bertz CT molecular complexity index is 693. The number of para-hydroxylation sites is 1. The minimum Gasteiger partial charge on any atom is -0.493 e. The third kappa shape index (κ3) is 4.75. The van der Waals surface area contributed by atoms with E-state index in [2.05, 4.69) is 5.32 Å². The van der Waals surface area contributed by atoms with Gasteiger partial charge in [-0.15, -0.1) is 0 Å². The molecule has 0 unspecified atom stereocenters. The average molecular weight is 310 g/mol. The lowest BCUT2D eigenvalue weighted by Gasteiger charge is -2.15. The lowest BCUT2D eigenvalue weighted by molar-refractivity contribution is -0.120. The molecule has 0 radical (unpaired) electrons. The van der Waals surface area contributed by atoms with Crippen LogP contribution in [0.4, 0.5) is 0 Å². The minimum atomic E-state index is -0.315. The molecule has 0 saturated heterocycles. The minimum absolute atomic E-state index is 0.163. The summed E-state index contributed by atoms with van der Waals surface area (Å²) in [5.41, 5.74) is 1.84. The number of nitrogens with one attached hydrogen (secondary N) is 1. The number of amides is 1. The smallest absolute Gasteiger partial charge is 0.234 e. The van der Waals surface area contributed by atoms with Gasteiger partial charge >= 0.3 is 0 Å². The Morgan fingerprint density at radius 3 is 2.65 bits per heavy atom. The van der Waals surface area contributed by atoms with E-state index in [9.17, 15) is 4.79 Å². The van der Waals surface area contributed by atoms with Gasteiger partial charge in [-0.1, -0.05) is 42.5 Å². The molecular formula is C18H18N2O3. The summed E-state index contributed by atoms with van der Waals surface area (Å²) in [6, 6.07) is 17.1. The molecule has 0 aliphatic rings. The number of hydrogen-bond acceptors (Lipinski definition) is 4. The largest absolute Gasteiger partial charge is 0.493 e. The van der Waals surface area contributed by atoms with Crippen LogP contribution in [0.25, 0.3) is 0 Å². The highest BCUT2D eigenvalue weighted by atomic mass is 16.5. The molecule has 0 bridgehead atoms. The molecule has 5 heteroatoms. The quantitative estimate of drug-likeness (QED) is 0.853. The van der Waals surface area contributed by atoms with Crippen molar-refractivity contribution in [1.82, 2.24) is 5.32 Å². The molecule has 0 aliphatic carbocycles. The van der Waals surface area contributed by atoms with E-state index in [1.54, 1.807) is 13.2 Å². The number of nitrogens with zero attached hydrogens (tertiary/aromatic N) is 1. The van der Waals surface area contributed by atoms with Crippen molar-refractivity contribution in [3.05, 3.63) is 59.7 Å². The van der Waals surface area contributed by atoms with E-state index in [0.717, 1.165) is 11.1 Å².